The van der Waals surface area contributed by atoms with Crippen LogP contribution >= 0.6 is 0 Å². The number of rotatable bonds is 8. The molecule has 0 aliphatic carbocycles. The van der Waals surface area contributed by atoms with E-state index < -0.39 is 5.41 Å². The molecular weight excluding hydrogens is 593 g/mol. The molecule has 2 heteroatoms. The lowest BCUT2D eigenvalue weighted by Gasteiger charge is -2.35. The minimum absolute atomic E-state index is 0.195. The van der Waals surface area contributed by atoms with E-state index in [-0.39, 0.29) is 10.8 Å². The van der Waals surface area contributed by atoms with Gasteiger partial charge in [0.2, 0.25) is 0 Å². The first kappa shape index (κ1) is 34.1. The number of benzene rings is 4. The zero-order chi connectivity index (χ0) is 34.8. The summed E-state index contributed by atoms with van der Waals surface area (Å²) in [4.78, 5) is 11.2. The predicted molar refractivity (Wildman–Crippen MR) is 207 cm³/mol. The van der Waals surface area contributed by atoms with E-state index in [1.807, 2.05) is 0 Å². The minimum atomic E-state index is -0.768. The first-order valence-electron chi connectivity index (χ1n) is 17.6. The second-order valence-corrected chi connectivity index (χ2v) is 16.2. The lowest BCUT2D eigenvalue weighted by molar-refractivity contribution is 0.411. The van der Waals surface area contributed by atoms with Gasteiger partial charge in [-0.15, -0.1) is 0 Å². The van der Waals surface area contributed by atoms with Gasteiger partial charge >= 0.3 is 0 Å². The Balaban J connectivity index is 1.63. The minimum Gasteiger partial charge on any atom is -0.251 e. The first-order valence-corrected chi connectivity index (χ1v) is 17.6. The van der Waals surface area contributed by atoms with Crippen LogP contribution in [0.4, 0.5) is 0 Å². The molecule has 0 radical (unpaired) electrons. The Morgan fingerprint density at radius 3 is 1.18 bits per heavy atom. The van der Waals surface area contributed by atoms with E-state index in [2.05, 4.69) is 189 Å². The second kappa shape index (κ2) is 13.6. The summed E-state index contributed by atoms with van der Waals surface area (Å²) in [7, 11) is 0. The molecule has 0 fully saturated rings. The fraction of sp³-hybridized carbons (Fsp3) is 0.277. The highest BCUT2D eigenvalue weighted by atomic mass is 14.8. The van der Waals surface area contributed by atoms with Crippen LogP contribution in [0, 0.1) is 24.7 Å². The smallest absolute Gasteiger partial charge is 0.105 e. The highest BCUT2D eigenvalue weighted by Crippen LogP contribution is 2.45. The van der Waals surface area contributed by atoms with Crippen molar-refractivity contribution in [3.05, 3.63) is 178 Å². The summed E-state index contributed by atoms with van der Waals surface area (Å²) in [6.07, 6.45) is 2.01. The van der Waals surface area contributed by atoms with Crippen molar-refractivity contribution in [2.45, 2.75) is 73.6 Å². The average molecular weight is 643 g/mol. The molecule has 0 N–H and O–H groups in total. The summed E-state index contributed by atoms with van der Waals surface area (Å²) < 4.78 is 0. The summed E-state index contributed by atoms with van der Waals surface area (Å²) in [5.74, 6) is 0. The zero-order valence-corrected chi connectivity index (χ0v) is 30.5. The van der Waals surface area contributed by atoms with E-state index in [0.29, 0.717) is 0 Å². The molecular formula is C47H50N2. The van der Waals surface area contributed by atoms with Gasteiger partial charge in [0, 0.05) is 11.1 Å². The summed E-state index contributed by atoms with van der Waals surface area (Å²) in [6.45, 7) is 18.1. The Kier molecular flexibility index (Phi) is 9.45. The molecule has 6 rings (SSSR count). The van der Waals surface area contributed by atoms with Gasteiger partial charge in [0.05, 0.1) is 22.8 Å². The van der Waals surface area contributed by atoms with Crippen LogP contribution in [-0.2, 0) is 18.3 Å². The van der Waals surface area contributed by atoms with Gasteiger partial charge in [-0.2, -0.15) is 0 Å². The molecule has 0 unspecified atom stereocenters. The largest absolute Gasteiger partial charge is 0.251 e. The Morgan fingerprint density at radius 1 is 0.429 bits per heavy atom. The van der Waals surface area contributed by atoms with Crippen molar-refractivity contribution in [1.29, 1.82) is 0 Å². The van der Waals surface area contributed by atoms with Crippen molar-refractivity contribution in [2.75, 3.05) is 0 Å². The number of aryl methyl sites for hydroxylation is 2. The molecule has 0 saturated heterocycles. The molecule has 4 aromatic carbocycles. The number of pyridine rings is 2. The van der Waals surface area contributed by atoms with Crippen molar-refractivity contribution in [3.63, 3.8) is 0 Å². The van der Waals surface area contributed by atoms with E-state index in [9.17, 15) is 0 Å². The van der Waals surface area contributed by atoms with Gasteiger partial charge in [-0.1, -0.05) is 139 Å². The van der Waals surface area contributed by atoms with Crippen LogP contribution in [0.2, 0.25) is 0 Å². The third-order valence-electron chi connectivity index (χ3n) is 9.04. The molecule has 49 heavy (non-hydrogen) atoms. The van der Waals surface area contributed by atoms with Crippen molar-refractivity contribution in [2.24, 2.45) is 10.8 Å². The van der Waals surface area contributed by atoms with Crippen molar-refractivity contribution in [1.82, 2.24) is 9.97 Å². The van der Waals surface area contributed by atoms with Gasteiger partial charge in [-0.05, 0) is 107 Å². The Labute approximate surface area is 294 Å². The van der Waals surface area contributed by atoms with E-state index in [0.717, 1.165) is 57.9 Å². The average Bonchev–Trinajstić information content (AvgIpc) is 3.04. The third-order valence-corrected chi connectivity index (χ3v) is 9.04. The van der Waals surface area contributed by atoms with Gasteiger partial charge in [-0.3, -0.25) is 9.97 Å². The standard InChI is InChI=1S/C47H50N2/c1-33-25-41(37-19-15-17-35(29-37)31-45(3,4)5)48-43(27-33)47(39-21-11-9-12-22-39,40-23-13-10-14-24-40)44-28-34(2)26-42(49-44)38-20-16-18-36(30-38)32-46(6,7)8/h9-30H,31-32H2,1-8H3. The maximum absolute atomic E-state index is 5.59. The van der Waals surface area contributed by atoms with Crippen LogP contribution < -0.4 is 0 Å². The molecule has 6 aromatic rings. The van der Waals surface area contributed by atoms with Crippen LogP contribution in [-0.4, -0.2) is 9.97 Å². The molecule has 0 aliphatic rings. The summed E-state index contributed by atoms with van der Waals surface area (Å²) in [5, 5.41) is 0. The highest BCUT2D eigenvalue weighted by Gasteiger charge is 2.42. The number of hydrogen-bond donors (Lipinski definition) is 0. The van der Waals surface area contributed by atoms with Crippen LogP contribution in [0.1, 0.15) is 86.3 Å². The van der Waals surface area contributed by atoms with Crippen LogP contribution in [0.15, 0.2) is 133 Å². The first-order chi connectivity index (χ1) is 23.3. The van der Waals surface area contributed by atoms with E-state index in [4.69, 9.17) is 9.97 Å². The SMILES string of the molecule is Cc1cc(-c2cccc(CC(C)(C)C)c2)nc(C(c2ccccc2)(c2ccccc2)c2cc(C)cc(-c3cccc(CC(C)(C)C)c3)n2)c1. The molecule has 0 saturated carbocycles. The molecule has 2 heterocycles. The van der Waals surface area contributed by atoms with Gasteiger partial charge in [0.15, 0.2) is 0 Å². The number of hydrogen-bond acceptors (Lipinski definition) is 2. The predicted octanol–water partition coefficient (Wildman–Crippen LogP) is 12.0. The van der Waals surface area contributed by atoms with Gasteiger partial charge in [0.25, 0.3) is 0 Å². The topological polar surface area (TPSA) is 25.8 Å². The summed E-state index contributed by atoms with van der Waals surface area (Å²) in [6, 6.07) is 48.4. The maximum Gasteiger partial charge on any atom is 0.105 e. The maximum atomic E-state index is 5.59. The molecule has 0 aliphatic heterocycles. The fourth-order valence-electron chi connectivity index (χ4n) is 7.19. The van der Waals surface area contributed by atoms with Crippen molar-refractivity contribution in [3.8, 4) is 22.5 Å². The summed E-state index contributed by atoms with van der Waals surface area (Å²) in [5.41, 5.74) is 13.0. The molecule has 0 atom stereocenters. The molecule has 0 amide bonds. The Hall–Kier alpha value is -4.82. The van der Waals surface area contributed by atoms with Gasteiger partial charge in [0.1, 0.15) is 5.41 Å². The number of aromatic nitrogens is 2. The second-order valence-electron chi connectivity index (χ2n) is 16.2. The lowest BCUT2D eigenvalue weighted by Crippen LogP contribution is -2.33. The van der Waals surface area contributed by atoms with Crippen LogP contribution in [0.25, 0.3) is 22.5 Å². The third kappa shape index (κ3) is 7.75. The van der Waals surface area contributed by atoms with Gasteiger partial charge < -0.3 is 0 Å². The van der Waals surface area contributed by atoms with Crippen LogP contribution in [0.5, 0.6) is 0 Å². The van der Waals surface area contributed by atoms with E-state index >= 15 is 0 Å². The summed E-state index contributed by atoms with van der Waals surface area (Å²) >= 11 is 0. The molecule has 2 nitrogen and oxygen atoms in total. The molecule has 0 spiro atoms. The van der Waals surface area contributed by atoms with E-state index in [1.54, 1.807) is 0 Å². The number of nitrogens with zero attached hydrogens (tertiary/aromatic N) is 2. The highest BCUT2D eigenvalue weighted by molar-refractivity contribution is 5.67. The van der Waals surface area contributed by atoms with E-state index in [1.165, 1.54) is 22.3 Å². The Morgan fingerprint density at radius 2 is 0.816 bits per heavy atom. The monoisotopic (exact) mass is 642 g/mol. The quantitative estimate of drug-likeness (QED) is 0.165. The van der Waals surface area contributed by atoms with Crippen molar-refractivity contribution < 1.29 is 0 Å². The molecule has 0 bridgehead atoms. The Bertz CT molecular complexity index is 1890. The molecule has 248 valence electrons. The lowest BCUT2D eigenvalue weighted by atomic mass is 9.68. The van der Waals surface area contributed by atoms with Gasteiger partial charge in [-0.25, -0.2) is 0 Å². The van der Waals surface area contributed by atoms with Crippen molar-refractivity contribution >= 4 is 0 Å². The normalized spacial score (nSPS) is 12.2. The zero-order valence-electron chi connectivity index (χ0n) is 30.5. The molecule has 2 aromatic heterocycles. The fourth-order valence-corrected chi connectivity index (χ4v) is 7.19. The van der Waals surface area contributed by atoms with Crippen LogP contribution in [0.3, 0.4) is 0 Å².